The number of aromatic amines is 1. The molecule has 0 saturated carbocycles. The molecule has 0 spiro atoms. The minimum atomic E-state index is -1.47. The number of aromatic nitrogens is 4. The molecule has 0 aliphatic carbocycles. The molecular weight excluding hydrogens is 353 g/mol. The molecule has 0 bridgehead atoms. The van der Waals surface area contributed by atoms with E-state index in [1.165, 1.54) is 35.6 Å². The van der Waals surface area contributed by atoms with Gasteiger partial charge in [-0.15, -0.1) is 11.3 Å². The van der Waals surface area contributed by atoms with E-state index in [4.69, 9.17) is 0 Å². The SMILES string of the molecule is Cc1cc(Nc2nc([C@](C)(O)c3ccc(F)cc3)nc3ccsc23)n[nH]1. The fraction of sp³-hybridized carbons (Fsp3) is 0.167. The quantitative estimate of drug-likeness (QED) is 0.508. The van der Waals surface area contributed by atoms with E-state index >= 15 is 0 Å². The number of fused-ring (bicyclic) bond motifs is 1. The van der Waals surface area contributed by atoms with Gasteiger partial charge in [0.2, 0.25) is 0 Å². The van der Waals surface area contributed by atoms with Gasteiger partial charge in [0.05, 0.1) is 10.2 Å². The summed E-state index contributed by atoms with van der Waals surface area (Å²) in [5.41, 5.74) is 0.677. The monoisotopic (exact) mass is 369 g/mol. The predicted octanol–water partition coefficient (Wildman–Crippen LogP) is 3.86. The maximum atomic E-state index is 13.2. The summed E-state index contributed by atoms with van der Waals surface area (Å²) >= 11 is 1.50. The van der Waals surface area contributed by atoms with Crippen molar-refractivity contribution >= 4 is 33.2 Å². The second kappa shape index (κ2) is 6.15. The Morgan fingerprint density at radius 3 is 2.65 bits per heavy atom. The lowest BCUT2D eigenvalue weighted by Crippen LogP contribution is -2.26. The van der Waals surface area contributed by atoms with Crippen molar-refractivity contribution in [2.24, 2.45) is 0 Å². The molecule has 3 N–H and O–H groups in total. The van der Waals surface area contributed by atoms with Crippen LogP contribution in [0.3, 0.4) is 0 Å². The first-order valence-corrected chi connectivity index (χ1v) is 8.84. The van der Waals surface area contributed by atoms with Crippen LogP contribution >= 0.6 is 11.3 Å². The van der Waals surface area contributed by atoms with Gasteiger partial charge >= 0.3 is 0 Å². The summed E-state index contributed by atoms with van der Waals surface area (Å²) < 4.78 is 14.1. The number of hydrogen-bond acceptors (Lipinski definition) is 6. The van der Waals surface area contributed by atoms with Crippen molar-refractivity contribution in [2.75, 3.05) is 5.32 Å². The molecule has 1 aromatic carbocycles. The Labute approximate surface area is 152 Å². The molecule has 8 heteroatoms. The molecule has 4 rings (SSSR count). The first-order chi connectivity index (χ1) is 12.4. The molecule has 0 aliphatic heterocycles. The van der Waals surface area contributed by atoms with E-state index in [1.54, 1.807) is 6.92 Å². The lowest BCUT2D eigenvalue weighted by atomic mass is 9.95. The van der Waals surface area contributed by atoms with Gasteiger partial charge in [0.1, 0.15) is 11.4 Å². The summed E-state index contributed by atoms with van der Waals surface area (Å²) in [5.74, 6) is 1.05. The number of aryl methyl sites for hydroxylation is 1. The lowest BCUT2D eigenvalue weighted by Gasteiger charge is -2.23. The van der Waals surface area contributed by atoms with Gasteiger partial charge in [-0.3, -0.25) is 5.10 Å². The Hall–Kier alpha value is -2.84. The molecule has 4 aromatic rings. The summed E-state index contributed by atoms with van der Waals surface area (Å²) in [7, 11) is 0. The van der Waals surface area contributed by atoms with Crippen LogP contribution in [0.1, 0.15) is 24.0 Å². The zero-order valence-corrected chi connectivity index (χ0v) is 14.9. The largest absolute Gasteiger partial charge is 0.377 e. The average molecular weight is 369 g/mol. The molecule has 0 amide bonds. The zero-order chi connectivity index (χ0) is 18.3. The fourth-order valence-corrected chi connectivity index (χ4v) is 3.45. The highest BCUT2D eigenvalue weighted by atomic mass is 32.1. The smallest absolute Gasteiger partial charge is 0.167 e. The summed E-state index contributed by atoms with van der Waals surface area (Å²) in [6.07, 6.45) is 0. The number of hydrogen-bond donors (Lipinski definition) is 3. The highest BCUT2D eigenvalue weighted by Gasteiger charge is 2.30. The van der Waals surface area contributed by atoms with E-state index in [9.17, 15) is 9.50 Å². The van der Waals surface area contributed by atoms with E-state index in [0.29, 0.717) is 17.2 Å². The van der Waals surface area contributed by atoms with Crippen molar-refractivity contribution in [3.8, 4) is 0 Å². The Bertz CT molecular complexity index is 1070. The van der Waals surface area contributed by atoms with Crippen LogP contribution in [0.4, 0.5) is 16.0 Å². The highest BCUT2D eigenvalue weighted by Crippen LogP contribution is 2.33. The first-order valence-electron chi connectivity index (χ1n) is 7.96. The summed E-state index contributed by atoms with van der Waals surface area (Å²) in [6, 6.07) is 9.39. The standard InChI is InChI=1S/C18H16FN5OS/c1-10-9-14(24-23-10)21-16-15-13(7-8-26-15)20-17(22-16)18(2,25)11-3-5-12(19)6-4-11/h3-9,25H,1-2H3,(H2,20,21,22,23,24)/t18-/m1/s1. The van der Waals surface area contributed by atoms with Gasteiger partial charge in [0.25, 0.3) is 0 Å². The fourth-order valence-electron chi connectivity index (χ4n) is 2.67. The Morgan fingerprint density at radius 2 is 1.96 bits per heavy atom. The molecule has 132 valence electrons. The van der Waals surface area contributed by atoms with Crippen molar-refractivity contribution in [1.82, 2.24) is 20.2 Å². The number of benzene rings is 1. The van der Waals surface area contributed by atoms with Gasteiger partial charge in [0.15, 0.2) is 17.5 Å². The van der Waals surface area contributed by atoms with Crippen LogP contribution in [0.2, 0.25) is 0 Å². The number of nitrogens with one attached hydrogen (secondary N) is 2. The van der Waals surface area contributed by atoms with Gasteiger partial charge in [-0.05, 0) is 43.0 Å². The molecule has 26 heavy (non-hydrogen) atoms. The van der Waals surface area contributed by atoms with Gasteiger partial charge in [0, 0.05) is 11.8 Å². The van der Waals surface area contributed by atoms with E-state index in [1.807, 2.05) is 24.4 Å². The van der Waals surface area contributed by atoms with Crippen LogP contribution in [0.25, 0.3) is 10.2 Å². The number of nitrogens with zero attached hydrogens (tertiary/aromatic N) is 3. The minimum absolute atomic E-state index is 0.227. The molecule has 0 unspecified atom stereocenters. The minimum Gasteiger partial charge on any atom is -0.377 e. The van der Waals surface area contributed by atoms with Gasteiger partial charge in [-0.1, -0.05) is 12.1 Å². The van der Waals surface area contributed by atoms with Crippen LogP contribution in [-0.4, -0.2) is 25.3 Å². The van der Waals surface area contributed by atoms with Crippen LogP contribution < -0.4 is 5.32 Å². The Morgan fingerprint density at radius 1 is 1.19 bits per heavy atom. The van der Waals surface area contributed by atoms with Crippen LogP contribution in [0.15, 0.2) is 41.8 Å². The highest BCUT2D eigenvalue weighted by molar-refractivity contribution is 7.17. The molecule has 1 atom stereocenters. The molecule has 3 heterocycles. The third kappa shape index (κ3) is 2.93. The third-order valence-electron chi connectivity index (χ3n) is 4.10. The van der Waals surface area contributed by atoms with Crippen LogP contribution in [-0.2, 0) is 5.60 Å². The molecule has 0 saturated heterocycles. The van der Waals surface area contributed by atoms with Crippen molar-refractivity contribution in [2.45, 2.75) is 19.4 Å². The van der Waals surface area contributed by atoms with Crippen molar-refractivity contribution in [1.29, 1.82) is 0 Å². The van der Waals surface area contributed by atoms with Crippen LogP contribution in [0, 0.1) is 12.7 Å². The molecule has 0 fully saturated rings. The number of aliphatic hydroxyl groups is 1. The molecule has 3 aromatic heterocycles. The van der Waals surface area contributed by atoms with Crippen LogP contribution in [0.5, 0.6) is 0 Å². The van der Waals surface area contributed by atoms with E-state index in [-0.39, 0.29) is 11.6 Å². The van der Waals surface area contributed by atoms with Gasteiger partial charge in [-0.2, -0.15) is 5.10 Å². The summed E-state index contributed by atoms with van der Waals surface area (Å²) in [5, 5.41) is 23.2. The normalized spacial score (nSPS) is 13.7. The number of thiophene rings is 1. The molecular formula is C18H16FN5OS. The topological polar surface area (TPSA) is 86.7 Å². The van der Waals surface area contributed by atoms with Gasteiger partial charge in [-0.25, -0.2) is 14.4 Å². The van der Waals surface area contributed by atoms with E-state index < -0.39 is 5.60 Å². The number of halogens is 1. The van der Waals surface area contributed by atoms with Crippen molar-refractivity contribution in [3.63, 3.8) is 0 Å². The van der Waals surface area contributed by atoms with Crippen molar-refractivity contribution < 1.29 is 9.50 Å². The molecule has 6 nitrogen and oxygen atoms in total. The number of anilines is 2. The second-order valence-electron chi connectivity index (χ2n) is 6.17. The Balaban J connectivity index is 1.81. The van der Waals surface area contributed by atoms with Gasteiger partial charge < -0.3 is 10.4 Å². The zero-order valence-electron chi connectivity index (χ0n) is 14.1. The van der Waals surface area contributed by atoms with E-state index in [2.05, 4.69) is 25.5 Å². The second-order valence-corrected chi connectivity index (χ2v) is 7.09. The maximum Gasteiger partial charge on any atom is 0.167 e. The third-order valence-corrected chi connectivity index (χ3v) is 5.01. The summed E-state index contributed by atoms with van der Waals surface area (Å²) in [4.78, 5) is 9.04. The number of H-pyrrole nitrogens is 1. The van der Waals surface area contributed by atoms with E-state index in [0.717, 1.165) is 15.9 Å². The molecule has 0 aliphatic rings. The average Bonchev–Trinajstić information content (AvgIpc) is 3.24. The van der Waals surface area contributed by atoms with Crippen molar-refractivity contribution in [3.05, 3.63) is 64.7 Å². The Kier molecular flexibility index (Phi) is 3.93. The maximum absolute atomic E-state index is 13.2. The first kappa shape index (κ1) is 16.6. The number of rotatable bonds is 4. The molecule has 0 radical (unpaired) electrons. The predicted molar refractivity (Wildman–Crippen MR) is 99.1 cm³/mol. The lowest BCUT2D eigenvalue weighted by molar-refractivity contribution is 0.0927. The summed E-state index contributed by atoms with van der Waals surface area (Å²) in [6.45, 7) is 3.50.